The molecule has 0 aliphatic carbocycles. The number of nitrogen functional groups attached to an aromatic ring is 1. The summed E-state index contributed by atoms with van der Waals surface area (Å²) in [5, 5.41) is 4.68. The van der Waals surface area contributed by atoms with Crippen molar-refractivity contribution in [2.75, 3.05) is 5.73 Å². The molecular weight excluding hydrogens is 288 g/mol. The number of imidazole rings is 1. The minimum Gasteiger partial charge on any atom is -0.383 e. The number of nitrogens with two attached hydrogens (primary N) is 1. The summed E-state index contributed by atoms with van der Waals surface area (Å²) in [5.74, 6) is 0.632. The Kier molecular flexibility index (Phi) is 2.90. The van der Waals surface area contributed by atoms with Gasteiger partial charge in [-0.15, -0.1) is 0 Å². The monoisotopic (exact) mass is 304 g/mol. The second kappa shape index (κ2) is 4.95. The van der Waals surface area contributed by atoms with E-state index in [0.717, 1.165) is 33.7 Å². The number of aryl methyl sites for hydroxylation is 1. The quantitative estimate of drug-likeness (QED) is 0.618. The lowest BCUT2D eigenvalue weighted by Crippen LogP contribution is -2.01. The summed E-state index contributed by atoms with van der Waals surface area (Å²) in [6, 6.07) is 11.8. The maximum absolute atomic E-state index is 6.25. The van der Waals surface area contributed by atoms with Crippen LogP contribution in [-0.2, 0) is 7.05 Å². The maximum atomic E-state index is 6.25. The third-order valence-electron chi connectivity index (χ3n) is 3.99. The van der Waals surface area contributed by atoms with Crippen LogP contribution in [0.3, 0.4) is 0 Å². The zero-order valence-corrected chi connectivity index (χ0v) is 12.9. The molecule has 23 heavy (non-hydrogen) atoms. The number of benzene rings is 1. The molecule has 4 aromatic rings. The zero-order chi connectivity index (χ0) is 16.0. The largest absolute Gasteiger partial charge is 0.383 e. The van der Waals surface area contributed by atoms with Gasteiger partial charge in [0.25, 0.3) is 0 Å². The van der Waals surface area contributed by atoms with E-state index in [1.807, 2.05) is 61.1 Å². The fraction of sp³-hybridized carbons (Fsp3) is 0.118. The van der Waals surface area contributed by atoms with E-state index in [9.17, 15) is 0 Å². The Balaban J connectivity index is 1.88. The van der Waals surface area contributed by atoms with Crippen molar-refractivity contribution < 1.29 is 0 Å². The molecule has 2 N–H and O–H groups in total. The standard InChI is InChI=1S/C17H16N6/c1-11-15(12-8-14-17(19-9-12)22(2)10-20-14)21-23(16(11)18)13-6-4-3-5-7-13/h3-10H,18H2,1-2H3. The van der Waals surface area contributed by atoms with Crippen molar-refractivity contribution in [1.82, 2.24) is 24.3 Å². The SMILES string of the molecule is Cc1c(-c2cnc3c(c2)ncn3C)nn(-c2ccccc2)c1N. The van der Waals surface area contributed by atoms with E-state index < -0.39 is 0 Å². The summed E-state index contributed by atoms with van der Waals surface area (Å²) < 4.78 is 3.65. The lowest BCUT2D eigenvalue weighted by Gasteiger charge is -2.02. The molecule has 0 bridgehead atoms. The van der Waals surface area contributed by atoms with Crippen LogP contribution in [0.25, 0.3) is 28.1 Å². The van der Waals surface area contributed by atoms with Crippen LogP contribution in [0.2, 0.25) is 0 Å². The first kappa shape index (κ1) is 13.5. The molecular formula is C17H16N6. The molecule has 6 nitrogen and oxygen atoms in total. The highest BCUT2D eigenvalue weighted by Crippen LogP contribution is 2.29. The molecule has 0 fully saturated rings. The Hall–Kier alpha value is -3.15. The number of pyridine rings is 1. The van der Waals surface area contributed by atoms with Gasteiger partial charge in [0.15, 0.2) is 5.65 Å². The Morgan fingerprint density at radius 1 is 1.09 bits per heavy atom. The van der Waals surface area contributed by atoms with E-state index in [4.69, 9.17) is 5.73 Å². The second-order valence-electron chi connectivity index (χ2n) is 5.53. The predicted molar refractivity (Wildman–Crippen MR) is 90.2 cm³/mol. The lowest BCUT2D eigenvalue weighted by molar-refractivity contribution is 0.894. The second-order valence-corrected chi connectivity index (χ2v) is 5.53. The van der Waals surface area contributed by atoms with Crippen LogP contribution in [0.5, 0.6) is 0 Å². The van der Waals surface area contributed by atoms with Gasteiger partial charge in [-0.25, -0.2) is 14.6 Å². The van der Waals surface area contributed by atoms with Gasteiger partial charge in [0.05, 0.1) is 17.7 Å². The Morgan fingerprint density at radius 2 is 1.87 bits per heavy atom. The summed E-state index contributed by atoms with van der Waals surface area (Å²) in [4.78, 5) is 8.84. The number of para-hydroxylation sites is 1. The number of fused-ring (bicyclic) bond motifs is 1. The number of hydrogen-bond acceptors (Lipinski definition) is 4. The molecule has 6 heteroatoms. The summed E-state index contributed by atoms with van der Waals surface area (Å²) in [5.41, 5.74) is 11.6. The molecule has 0 spiro atoms. The van der Waals surface area contributed by atoms with Gasteiger partial charge < -0.3 is 10.3 Å². The van der Waals surface area contributed by atoms with E-state index in [-0.39, 0.29) is 0 Å². The highest BCUT2D eigenvalue weighted by molar-refractivity contribution is 5.79. The van der Waals surface area contributed by atoms with Gasteiger partial charge in [-0.05, 0) is 25.1 Å². The van der Waals surface area contributed by atoms with Gasteiger partial charge in [0.1, 0.15) is 11.3 Å². The molecule has 0 amide bonds. The maximum Gasteiger partial charge on any atom is 0.159 e. The minimum absolute atomic E-state index is 0.632. The van der Waals surface area contributed by atoms with Crippen molar-refractivity contribution in [2.24, 2.45) is 7.05 Å². The number of aromatic nitrogens is 5. The smallest absolute Gasteiger partial charge is 0.159 e. The highest BCUT2D eigenvalue weighted by Gasteiger charge is 2.16. The third-order valence-corrected chi connectivity index (χ3v) is 3.99. The van der Waals surface area contributed by atoms with Gasteiger partial charge in [0.2, 0.25) is 0 Å². The number of rotatable bonds is 2. The molecule has 0 unspecified atom stereocenters. The van der Waals surface area contributed by atoms with E-state index in [1.54, 1.807) is 11.0 Å². The van der Waals surface area contributed by atoms with Crippen LogP contribution in [0.4, 0.5) is 5.82 Å². The first-order valence-corrected chi connectivity index (χ1v) is 7.33. The Bertz CT molecular complexity index is 997. The van der Waals surface area contributed by atoms with Gasteiger partial charge >= 0.3 is 0 Å². The molecule has 4 rings (SSSR count). The molecule has 0 aliphatic heterocycles. The fourth-order valence-corrected chi connectivity index (χ4v) is 2.69. The molecule has 0 radical (unpaired) electrons. The highest BCUT2D eigenvalue weighted by atomic mass is 15.3. The Morgan fingerprint density at radius 3 is 2.65 bits per heavy atom. The number of nitrogens with zero attached hydrogens (tertiary/aromatic N) is 5. The first-order chi connectivity index (χ1) is 11.1. The average Bonchev–Trinajstić information content (AvgIpc) is 3.09. The van der Waals surface area contributed by atoms with Crippen molar-refractivity contribution in [3.8, 4) is 16.9 Å². The fourth-order valence-electron chi connectivity index (χ4n) is 2.69. The summed E-state index contributed by atoms with van der Waals surface area (Å²) in [6.07, 6.45) is 3.57. The number of hydrogen-bond donors (Lipinski definition) is 1. The normalized spacial score (nSPS) is 11.2. The van der Waals surface area contributed by atoms with Crippen molar-refractivity contribution >= 4 is 17.0 Å². The number of anilines is 1. The van der Waals surface area contributed by atoms with Crippen LogP contribution in [-0.4, -0.2) is 24.3 Å². The van der Waals surface area contributed by atoms with Crippen LogP contribution in [0.1, 0.15) is 5.56 Å². The molecule has 3 heterocycles. The van der Waals surface area contributed by atoms with Gasteiger partial charge in [-0.1, -0.05) is 18.2 Å². The van der Waals surface area contributed by atoms with Crippen molar-refractivity contribution in [1.29, 1.82) is 0 Å². The van der Waals surface area contributed by atoms with Crippen molar-refractivity contribution in [3.63, 3.8) is 0 Å². The summed E-state index contributed by atoms with van der Waals surface area (Å²) in [6.45, 7) is 1.97. The van der Waals surface area contributed by atoms with E-state index in [2.05, 4.69) is 15.1 Å². The van der Waals surface area contributed by atoms with Gasteiger partial charge in [0, 0.05) is 24.4 Å². The molecule has 0 saturated heterocycles. The zero-order valence-electron chi connectivity index (χ0n) is 12.9. The van der Waals surface area contributed by atoms with Gasteiger partial charge in [-0.2, -0.15) is 5.10 Å². The van der Waals surface area contributed by atoms with Crippen LogP contribution in [0, 0.1) is 6.92 Å². The van der Waals surface area contributed by atoms with Crippen molar-refractivity contribution in [3.05, 3.63) is 54.5 Å². The van der Waals surface area contributed by atoms with Crippen LogP contribution < -0.4 is 5.73 Å². The van der Waals surface area contributed by atoms with E-state index in [0.29, 0.717) is 5.82 Å². The van der Waals surface area contributed by atoms with E-state index >= 15 is 0 Å². The van der Waals surface area contributed by atoms with Crippen LogP contribution in [0.15, 0.2) is 48.9 Å². The minimum atomic E-state index is 0.632. The summed E-state index contributed by atoms with van der Waals surface area (Å²) in [7, 11) is 1.93. The van der Waals surface area contributed by atoms with Crippen molar-refractivity contribution in [2.45, 2.75) is 6.92 Å². The lowest BCUT2D eigenvalue weighted by atomic mass is 10.1. The molecule has 0 atom stereocenters. The molecule has 0 saturated carbocycles. The molecule has 1 aromatic carbocycles. The average molecular weight is 304 g/mol. The Labute approximate surface area is 133 Å². The van der Waals surface area contributed by atoms with Crippen LogP contribution >= 0.6 is 0 Å². The summed E-state index contributed by atoms with van der Waals surface area (Å²) >= 11 is 0. The molecule has 0 aliphatic rings. The topological polar surface area (TPSA) is 74.5 Å². The molecule has 3 aromatic heterocycles. The van der Waals surface area contributed by atoms with Gasteiger partial charge in [-0.3, -0.25) is 0 Å². The molecule has 114 valence electrons. The predicted octanol–water partition coefficient (Wildman–Crippen LogP) is 2.71. The van der Waals surface area contributed by atoms with E-state index in [1.165, 1.54) is 0 Å². The first-order valence-electron chi connectivity index (χ1n) is 7.33. The third kappa shape index (κ3) is 2.07.